The van der Waals surface area contributed by atoms with Crippen LogP contribution < -0.4 is 10.6 Å². The molecule has 0 unspecified atom stereocenters. The van der Waals surface area contributed by atoms with E-state index >= 15 is 0 Å². The number of nitrogens with one attached hydrogen (secondary N) is 2. The van der Waals surface area contributed by atoms with Gasteiger partial charge in [0.15, 0.2) is 0 Å². The molecule has 7 heteroatoms. The first-order chi connectivity index (χ1) is 12.2. The highest BCUT2D eigenvalue weighted by Crippen LogP contribution is 2.23. The average Bonchev–Trinajstić information content (AvgIpc) is 2.95. The molecule has 2 amide bonds. The molecule has 0 radical (unpaired) electrons. The molecule has 0 bridgehead atoms. The molecule has 26 heavy (non-hydrogen) atoms. The van der Waals surface area contributed by atoms with Crippen LogP contribution in [0.4, 0.5) is 5.69 Å². The summed E-state index contributed by atoms with van der Waals surface area (Å²) < 4.78 is 5.09. The molecular weight excluding hydrogens is 354 g/mol. The van der Waals surface area contributed by atoms with Crippen molar-refractivity contribution < 1.29 is 14.1 Å². The molecule has 1 heterocycles. The highest BCUT2D eigenvalue weighted by Gasteiger charge is 2.22. The van der Waals surface area contributed by atoms with Gasteiger partial charge in [-0.15, -0.1) is 0 Å². The van der Waals surface area contributed by atoms with Crippen LogP contribution in [0.2, 0.25) is 5.02 Å². The molecular formula is C19H24ClN3O3. The third-order valence-electron chi connectivity index (χ3n) is 4.30. The second-order valence-electron chi connectivity index (χ2n) is 6.75. The Bertz CT molecular complexity index is 827. The molecule has 2 rings (SSSR count). The Kier molecular flexibility index (Phi) is 6.08. The van der Waals surface area contributed by atoms with E-state index in [4.69, 9.17) is 16.1 Å². The summed E-state index contributed by atoms with van der Waals surface area (Å²) in [4.78, 5) is 24.9. The van der Waals surface area contributed by atoms with Gasteiger partial charge in [-0.2, -0.15) is 0 Å². The Morgan fingerprint density at radius 2 is 1.92 bits per heavy atom. The molecule has 0 saturated heterocycles. The van der Waals surface area contributed by atoms with E-state index in [0.717, 1.165) is 6.42 Å². The van der Waals surface area contributed by atoms with Gasteiger partial charge in [0.25, 0.3) is 11.8 Å². The van der Waals surface area contributed by atoms with Crippen LogP contribution in [0.1, 0.15) is 66.3 Å². The molecule has 0 fully saturated rings. The number of halogens is 1. The smallest absolute Gasteiger partial charge is 0.261 e. The normalized spacial score (nSPS) is 11.3. The molecule has 0 atom stereocenters. The number of carbonyl (C=O) groups excluding carboxylic acids is 2. The van der Waals surface area contributed by atoms with E-state index in [0.29, 0.717) is 34.7 Å². The average molecular weight is 378 g/mol. The second kappa shape index (κ2) is 7.91. The van der Waals surface area contributed by atoms with E-state index in [9.17, 15) is 9.59 Å². The molecule has 0 aliphatic carbocycles. The van der Waals surface area contributed by atoms with Crippen LogP contribution in [-0.4, -0.2) is 22.5 Å². The lowest BCUT2D eigenvalue weighted by Crippen LogP contribution is -2.42. The summed E-state index contributed by atoms with van der Waals surface area (Å²) >= 11 is 6.25. The van der Waals surface area contributed by atoms with Crippen molar-refractivity contribution in [3.05, 3.63) is 45.8 Å². The molecule has 2 aromatic rings. The number of carbonyl (C=O) groups is 2. The maximum absolute atomic E-state index is 12.5. The lowest BCUT2D eigenvalue weighted by atomic mass is 10.0. The van der Waals surface area contributed by atoms with Crippen molar-refractivity contribution in [1.82, 2.24) is 10.5 Å². The van der Waals surface area contributed by atoms with Gasteiger partial charge in [-0.05, 0) is 51.8 Å². The lowest BCUT2D eigenvalue weighted by Gasteiger charge is -2.24. The highest BCUT2D eigenvalue weighted by molar-refractivity contribution is 6.34. The standard InChI is InChI=1S/C19H24ClN3O3/c1-6-15-16(11(3)26-23-15)18(25)21-12-8-9-13(14(20)10-12)17(24)22-19(4,5)7-2/h8-10H,6-7H2,1-5H3,(H,21,25)(H,22,24). The number of hydrogen-bond acceptors (Lipinski definition) is 4. The van der Waals surface area contributed by atoms with Crippen LogP contribution in [0.5, 0.6) is 0 Å². The van der Waals surface area contributed by atoms with Gasteiger partial charge in [-0.1, -0.05) is 30.6 Å². The maximum atomic E-state index is 12.5. The molecule has 0 spiro atoms. The van der Waals surface area contributed by atoms with Crippen LogP contribution in [0.15, 0.2) is 22.7 Å². The van der Waals surface area contributed by atoms with Crippen molar-refractivity contribution in [1.29, 1.82) is 0 Å². The van der Waals surface area contributed by atoms with Gasteiger partial charge in [0.05, 0.1) is 16.3 Å². The van der Waals surface area contributed by atoms with Crippen molar-refractivity contribution in [2.24, 2.45) is 0 Å². The zero-order valence-corrected chi connectivity index (χ0v) is 16.5. The van der Waals surface area contributed by atoms with Gasteiger partial charge in [-0.25, -0.2) is 0 Å². The minimum Gasteiger partial charge on any atom is -0.361 e. The summed E-state index contributed by atoms with van der Waals surface area (Å²) in [6, 6.07) is 4.80. The molecule has 140 valence electrons. The summed E-state index contributed by atoms with van der Waals surface area (Å²) in [5, 5.41) is 9.86. The fraction of sp³-hybridized carbons (Fsp3) is 0.421. The predicted molar refractivity (Wildman–Crippen MR) is 102 cm³/mol. The van der Waals surface area contributed by atoms with E-state index < -0.39 is 0 Å². The first-order valence-electron chi connectivity index (χ1n) is 8.57. The SMILES string of the molecule is CCc1noc(C)c1C(=O)Nc1ccc(C(=O)NC(C)(C)CC)c(Cl)c1. The van der Waals surface area contributed by atoms with Crippen molar-refractivity contribution in [3.8, 4) is 0 Å². The Balaban J connectivity index is 2.18. The van der Waals surface area contributed by atoms with Gasteiger partial charge in [0.1, 0.15) is 11.3 Å². The molecule has 2 N–H and O–H groups in total. The number of benzene rings is 1. The van der Waals surface area contributed by atoms with Crippen molar-refractivity contribution in [3.63, 3.8) is 0 Å². The number of hydrogen-bond donors (Lipinski definition) is 2. The summed E-state index contributed by atoms with van der Waals surface area (Å²) in [6.45, 7) is 9.48. The lowest BCUT2D eigenvalue weighted by molar-refractivity contribution is 0.0911. The Morgan fingerprint density at radius 1 is 1.23 bits per heavy atom. The van der Waals surface area contributed by atoms with Gasteiger partial charge < -0.3 is 15.2 Å². The maximum Gasteiger partial charge on any atom is 0.261 e. The highest BCUT2D eigenvalue weighted by atomic mass is 35.5. The van der Waals surface area contributed by atoms with Gasteiger partial charge in [-0.3, -0.25) is 9.59 Å². The Morgan fingerprint density at radius 3 is 2.50 bits per heavy atom. The monoisotopic (exact) mass is 377 g/mol. The number of nitrogens with zero attached hydrogens (tertiary/aromatic N) is 1. The Hall–Kier alpha value is -2.34. The second-order valence-corrected chi connectivity index (χ2v) is 7.16. The molecule has 6 nitrogen and oxygen atoms in total. The molecule has 1 aromatic carbocycles. The van der Waals surface area contributed by atoms with E-state index in [1.54, 1.807) is 25.1 Å². The van der Waals surface area contributed by atoms with Crippen LogP contribution in [0.3, 0.4) is 0 Å². The fourth-order valence-corrected chi connectivity index (χ4v) is 2.65. The summed E-state index contributed by atoms with van der Waals surface area (Å²) in [5.41, 5.74) is 1.56. The zero-order chi connectivity index (χ0) is 19.5. The van der Waals surface area contributed by atoms with Crippen molar-refractivity contribution >= 4 is 29.1 Å². The fourth-order valence-electron chi connectivity index (χ4n) is 2.38. The Labute approximate surface area is 158 Å². The van der Waals surface area contributed by atoms with Crippen LogP contribution in [0, 0.1) is 6.92 Å². The van der Waals surface area contributed by atoms with Crippen molar-refractivity contribution in [2.75, 3.05) is 5.32 Å². The van der Waals surface area contributed by atoms with E-state index in [-0.39, 0.29) is 22.4 Å². The molecule has 0 aliphatic rings. The first kappa shape index (κ1) is 20.0. The number of aromatic nitrogens is 1. The van der Waals surface area contributed by atoms with Gasteiger partial charge in [0.2, 0.25) is 0 Å². The number of aryl methyl sites for hydroxylation is 2. The topological polar surface area (TPSA) is 84.2 Å². The van der Waals surface area contributed by atoms with E-state index in [1.807, 2.05) is 27.7 Å². The van der Waals surface area contributed by atoms with Gasteiger partial charge in [0, 0.05) is 11.2 Å². The minimum absolute atomic E-state index is 0.247. The number of rotatable bonds is 6. The summed E-state index contributed by atoms with van der Waals surface area (Å²) in [6.07, 6.45) is 1.38. The quantitative estimate of drug-likeness (QED) is 0.782. The van der Waals surface area contributed by atoms with Crippen LogP contribution in [0.25, 0.3) is 0 Å². The summed E-state index contributed by atoms with van der Waals surface area (Å²) in [5.74, 6) is -0.105. The van der Waals surface area contributed by atoms with Crippen LogP contribution in [-0.2, 0) is 6.42 Å². The third-order valence-corrected chi connectivity index (χ3v) is 4.62. The largest absolute Gasteiger partial charge is 0.361 e. The minimum atomic E-state index is -0.324. The molecule has 0 aliphatic heterocycles. The number of anilines is 1. The van der Waals surface area contributed by atoms with Crippen molar-refractivity contribution in [2.45, 2.75) is 53.0 Å². The molecule has 0 saturated carbocycles. The third kappa shape index (κ3) is 4.43. The first-order valence-corrected chi connectivity index (χ1v) is 8.94. The van der Waals surface area contributed by atoms with Crippen LogP contribution >= 0.6 is 11.6 Å². The molecule has 1 aromatic heterocycles. The number of amides is 2. The van der Waals surface area contributed by atoms with E-state index in [1.165, 1.54) is 0 Å². The summed E-state index contributed by atoms with van der Waals surface area (Å²) in [7, 11) is 0. The zero-order valence-electron chi connectivity index (χ0n) is 15.7. The van der Waals surface area contributed by atoms with E-state index in [2.05, 4.69) is 15.8 Å². The van der Waals surface area contributed by atoms with Gasteiger partial charge >= 0.3 is 0 Å². The predicted octanol–water partition coefficient (Wildman–Crippen LogP) is 4.37.